The van der Waals surface area contributed by atoms with Crippen LogP contribution in [0.3, 0.4) is 0 Å². The van der Waals surface area contributed by atoms with Gasteiger partial charge in [-0.15, -0.1) is 0 Å². The molecular formula is C50H46IN7O2. The molecule has 7 N–H and O–H groups in total. The number of ketones is 1. The van der Waals surface area contributed by atoms with Gasteiger partial charge in [0.15, 0.2) is 5.78 Å². The van der Waals surface area contributed by atoms with Crippen molar-refractivity contribution in [2.24, 2.45) is 5.73 Å². The Morgan fingerprint density at radius 2 is 1.40 bits per heavy atom. The fraction of sp³-hybridized carbons (Fsp3) is 0.120. The average molecular weight is 904 g/mol. The van der Waals surface area contributed by atoms with Gasteiger partial charge in [-0.05, 0) is 104 Å². The van der Waals surface area contributed by atoms with Crippen LogP contribution in [0.2, 0.25) is 0 Å². The average Bonchev–Trinajstić information content (AvgIpc) is 3.27. The lowest BCUT2D eigenvalue weighted by Gasteiger charge is -2.37. The van der Waals surface area contributed by atoms with Gasteiger partial charge in [0.25, 0.3) is 5.91 Å². The second-order valence-electron chi connectivity index (χ2n) is 13.9. The van der Waals surface area contributed by atoms with Gasteiger partial charge >= 0.3 is 0 Å². The van der Waals surface area contributed by atoms with Crippen LogP contribution in [0.25, 0.3) is 11.6 Å². The largest absolute Gasteiger partial charge is 0.398 e. The third-order valence-corrected chi connectivity index (χ3v) is 10.8. The number of amides is 1. The van der Waals surface area contributed by atoms with Crippen LogP contribution < -0.4 is 22.5 Å². The summed E-state index contributed by atoms with van der Waals surface area (Å²) in [6, 6.07) is 50.0. The summed E-state index contributed by atoms with van der Waals surface area (Å²) in [4.78, 5) is 26.9. The van der Waals surface area contributed by atoms with Gasteiger partial charge in [0, 0.05) is 58.6 Å². The van der Waals surface area contributed by atoms with Crippen molar-refractivity contribution in [3.63, 3.8) is 0 Å². The van der Waals surface area contributed by atoms with E-state index in [2.05, 4.69) is 57.6 Å². The zero-order valence-corrected chi connectivity index (χ0v) is 35.3. The molecular weight excluding hydrogens is 858 g/mol. The Bertz CT molecular complexity index is 2540. The van der Waals surface area contributed by atoms with E-state index in [-0.39, 0.29) is 17.7 Å². The number of Topliss-reactive ketones (excluding diaryl/α,β-unsaturated/α-hetero) is 1. The minimum absolute atomic E-state index is 0.0362. The van der Waals surface area contributed by atoms with Crippen molar-refractivity contribution in [1.29, 1.82) is 10.5 Å². The van der Waals surface area contributed by atoms with Crippen molar-refractivity contribution >= 4 is 63.0 Å². The highest BCUT2D eigenvalue weighted by Gasteiger charge is 2.29. The number of allylic oxidation sites excluding steroid dienone is 1. The van der Waals surface area contributed by atoms with Crippen LogP contribution in [0.15, 0.2) is 158 Å². The Morgan fingerprint density at radius 3 is 2.07 bits per heavy atom. The van der Waals surface area contributed by atoms with Gasteiger partial charge in [0.2, 0.25) is 0 Å². The van der Waals surface area contributed by atoms with E-state index in [9.17, 15) is 14.9 Å². The maximum Gasteiger partial charge on any atom is 0.255 e. The lowest BCUT2D eigenvalue weighted by molar-refractivity contribution is 0.0991. The number of hydrogen-bond acceptors (Lipinski definition) is 8. The number of carbonyl (C=O) groups excluding carboxylic acids is 2. The van der Waals surface area contributed by atoms with Crippen LogP contribution in [0.1, 0.15) is 66.6 Å². The van der Waals surface area contributed by atoms with E-state index >= 15 is 0 Å². The molecule has 0 bridgehead atoms. The molecule has 1 unspecified atom stereocenters. The van der Waals surface area contributed by atoms with Crippen LogP contribution in [-0.2, 0) is 19.5 Å². The highest BCUT2D eigenvalue weighted by atomic mass is 127. The van der Waals surface area contributed by atoms with Crippen molar-refractivity contribution in [1.82, 2.24) is 4.90 Å². The third-order valence-electron chi connectivity index (χ3n) is 9.79. The summed E-state index contributed by atoms with van der Waals surface area (Å²) < 4.78 is 1.16. The van der Waals surface area contributed by atoms with E-state index in [0.29, 0.717) is 54.1 Å². The predicted octanol–water partition coefficient (Wildman–Crippen LogP) is 9.99. The summed E-state index contributed by atoms with van der Waals surface area (Å²) in [6.07, 6.45) is 4.01. The Hall–Kier alpha value is -6.83. The first kappa shape index (κ1) is 44.3. The Morgan fingerprint density at radius 1 is 0.783 bits per heavy atom. The summed E-state index contributed by atoms with van der Waals surface area (Å²) in [7, 11) is 0. The molecule has 60 heavy (non-hydrogen) atoms. The van der Waals surface area contributed by atoms with Crippen LogP contribution in [0, 0.1) is 26.2 Å². The predicted molar refractivity (Wildman–Crippen MR) is 251 cm³/mol. The van der Waals surface area contributed by atoms with Gasteiger partial charge in [0.1, 0.15) is 0 Å². The smallest absolute Gasteiger partial charge is 0.255 e. The summed E-state index contributed by atoms with van der Waals surface area (Å²) in [5.74, 6) is -0.136. The lowest BCUT2D eigenvalue weighted by Crippen LogP contribution is -2.34. The highest BCUT2D eigenvalue weighted by Crippen LogP contribution is 2.37. The molecule has 1 heterocycles. The number of nitriles is 2. The summed E-state index contributed by atoms with van der Waals surface area (Å²) in [6.45, 7) is 6.13. The molecule has 1 aliphatic heterocycles. The minimum atomic E-state index is -0.184. The van der Waals surface area contributed by atoms with Crippen molar-refractivity contribution in [3.05, 3.63) is 206 Å². The molecule has 0 saturated heterocycles. The quantitative estimate of drug-likeness (QED) is 0.0455. The normalized spacial score (nSPS) is 13.0. The fourth-order valence-corrected chi connectivity index (χ4v) is 7.14. The van der Waals surface area contributed by atoms with Crippen molar-refractivity contribution in [3.8, 4) is 12.1 Å². The molecule has 1 amide bonds. The second kappa shape index (κ2) is 22.4. The van der Waals surface area contributed by atoms with Gasteiger partial charge in [-0.2, -0.15) is 10.5 Å². The number of fused-ring (bicyclic) bond motifs is 1. The number of anilines is 3. The molecule has 0 aromatic heterocycles. The number of nitrogen functional groups attached to an aromatic ring is 2. The van der Waals surface area contributed by atoms with Gasteiger partial charge in [-0.3, -0.25) is 14.5 Å². The second-order valence-corrected chi connectivity index (χ2v) is 15.1. The van der Waals surface area contributed by atoms with Crippen molar-refractivity contribution in [2.45, 2.75) is 32.0 Å². The van der Waals surface area contributed by atoms with E-state index in [1.54, 1.807) is 24.3 Å². The highest BCUT2D eigenvalue weighted by molar-refractivity contribution is 14.1. The van der Waals surface area contributed by atoms with Crippen LogP contribution in [0.5, 0.6) is 0 Å². The number of benzene rings is 6. The van der Waals surface area contributed by atoms with E-state index in [1.807, 2.05) is 121 Å². The number of rotatable bonds is 10. The molecule has 10 heteroatoms. The monoisotopic (exact) mass is 903 g/mol. The molecule has 0 fully saturated rings. The molecule has 0 saturated carbocycles. The van der Waals surface area contributed by atoms with Gasteiger partial charge in [-0.25, -0.2) is 0 Å². The lowest BCUT2D eigenvalue weighted by atomic mass is 9.88. The first-order chi connectivity index (χ1) is 29.1. The van der Waals surface area contributed by atoms with Crippen LogP contribution in [-0.4, -0.2) is 23.1 Å². The first-order valence-corrected chi connectivity index (χ1v) is 20.3. The summed E-state index contributed by atoms with van der Waals surface area (Å²) in [5.41, 5.74) is 27.7. The number of halogens is 1. The SMILES string of the molecule is C=C1CN(Cc2ccc(C(=O)Cc3ccccc3N)cc2)C(CC#N)c2ccccc21.N#CC=Cc1ccccc1I.NCc1ccc(C(=O)Nc2ccccc2N)cc1. The summed E-state index contributed by atoms with van der Waals surface area (Å²) in [5, 5.41) is 20.4. The zero-order valence-electron chi connectivity index (χ0n) is 33.1. The van der Waals surface area contributed by atoms with Gasteiger partial charge in [-0.1, -0.05) is 116 Å². The Labute approximate surface area is 365 Å². The van der Waals surface area contributed by atoms with Crippen molar-refractivity contribution < 1.29 is 9.59 Å². The maximum atomic E-state index is 12.7. The standard InChI is InChI=1S/C27H25N3O.C14H15N3O.C9H6IN/c1-19-17-30(26(14-15-28)24-8-4-3-7-23(19)24)18-20-10-12-21(13-11-20)27(31)16-22-6-2-5-9-25(22)29;15-9-10-5-7-11(8-6-10)14(18)17-13-4-2-1-3-12(13)16;10-9-6-2-1-4-8(9)5-3-7-11/h2-13,26H,1,14,16-18,29H2;1-8H,9,15-16H2,(H,17,18);1-6H. The summed E-state index contributed by atoms with van der Waals surface area (Å²) >= 11 is 2.24. The number of hydrogen-bond donors (Lipinski definition) is 4. The fourth-order valence-electron chi connectivity index (χ4n) is 6.57. The molecule has 1 atom stereocenters. The first-order valence-electron chi connectivity index (χ1n) is 19.2. The van der Waals surface area contributed by atoms with Gasteiger partial charge < -0.3 is 22.5 Å². The number of para-hydroxylation sites is 3. The number of nitrogens with one attached hydrogen (secondary N) is 1. The molecule has 0 aliphatic carbocycles. The molecule has 6 aromatic carbocycles. The van der Waals surface area contributed by atoms with E-state index in [4.69, 9.17) is 22.5 Å². The topological polar surface area (TPSA) is 175 Å². The van der Waals surface area contributed by atoms with Crippen molar-refractivity contribution in [2.75, 3.05) is 23.3 Å². The Balaban J connectivity index is 0.000000197. The minimum Gasteiger partial charge on any atom is -0.398 e. The van der Waals surface area contributed by atoms with E-state index < -0.39 is 0 Å². The zero-order chi connectivity index (χ0) is 42.9. The van der Waals surface area contributed by atoms with E-state index in [0.717, 1.165) is 49.1 Å². The molecule has 0 radical (unpaired) electrons. The number of carbonyl (C=O) groups is 2. The third kappa shape index (κ3) is 12.3. The van der Waals surface area contributed by atoms with Gasteiger partial charge in [0.05, 0.1) is 29.9 Å². The molecule has 300 valence electrons. The molecule has 1 aliphatic rings. The Kier molecular flexibility index (Phi) is 16.5. The van der Waals surface area contributed by atoms with E-state index in [1.165, 1.54) is 6.08 Å². The molecule has 9 nitrogen and oxygen atoms in total. The molecule has 0 spiro atoms. The van der Waals surface area contributed by atoms with Crippen LogP contribution in [0.4, 0.5) is 17.1 Å². The molecule has 6 aromatic rings. The number of nitrogens with zero attached hydrogens (tertiary/aromatic N) is 3. The maximum absolute atomic E-state index is 12.7. The van der Waals surface area contributed by atoms with Crippen LogP contribution >= 0.6 is 22.6 Å². The number of nitrogens with two attached hydrogens (primary N) is 3. The molecule has 7 rings (SSSR count).